The van der Waals surface area contributed by atoms with Crippen LogP contribution in [0.3, 0.4) is 0 Å². The zero-order chi connectivity index (χ0) is 21.1. The standard InChI is InChI=1S/C23H31O5P/c1-5-25-12-14-27-19-10-11-21(20(16-19)28-15-13-26-6-2)29-23(24)22-17(3)8-7-9-18(22)4/h7-11,16,29H,5-6,12-15H2,1-4H3. The highest BCUT2D eigenvalue weighted by Crippen LogP contribution is 2.29. The fourth-order valence-corrected chi connectivity index (χ4v) is 4.09. The van der Waals surface area contributed by atoms with Crippen molar-refractivity contribution >= 4 is 19.4 Å². The van der Waals surface area contributed by atoms with Crippen LogP contribution in [0.2, 0.25) is 0 Å². The first-order valence-corrected chi connectivity index (χ1v) is 11.0. The van der Waals surface area contributed by atoms with Crippen molar-refractivity contribution in [3.63, 3.8) is 0 Å². The smallest absolute Gasteiger partial charge is 0.186 e. The van der Waals surface area contributed by atoms with Gasteiger partial charge in [-0.1, -0.05) is 18.2 Å². The van der Waals surface area contributed by atoms with Gasteiger partial charge < -0.3 is 18.9 Å². The summed E-state index contributed by atoms with van der Waals surface area (Å²) >= 11 is 0. The monoisotopic (exact) mass is 418 g/mol. The van der Waals surface area contributed by atoms with Crippen LogP contribution in [-0.2, 0) is 9.47 Å². The first-order valence-electron chi connectivity index (χ1n) is 9.99. The van der Waals surface area contributed by atoms with Crippen molar-refractivity contribution < 1.29 is 23.7 Å². The molecule has 0 heterocycles. The van der Waals surface area contributed by atoms with Crippen molar-refractivity contribution in [3.8, 4) is 11.5 Å². The minimum absolute atomic E-state index is 0.0268. The molecule has 2 rings (SSSR count). The molecule has 0 spiro atoms. The molecule has 1 atom stereocenters. The maximum atomic E-state index is 13.0. The summed E-state index contributed by atoms with van der Waals surface area (Å²) in [5.41, 5.74) is 2.90. The van der Waals surface area contributed by atoms with E-state index in [2.05, 4.69) is 0 Å². The van der Waals surface area contributed by atoms with Crippen LogP contribution in [0.5, 0.6) is 11.5 Å². The van der Waals surface area contributed by atoms with Crippen LogP contribution in [0.15, 0.2) is 36.4 Å². The highest BCUT2D eigenvalue weighted by atomic mass is 31.1. The Morgan fingerprint density at radius 3 is 2.10 bits per heavy atom. The van der Waals surface area contributed by atoms with Gasteiger partial charge >= 0.3 is 0 Å². The van der Waals surface area contributed by atoms with E-state index >= 15 is 0 Å². The fraction of sp³-hybridized carbons (Fsp3) is 0.435. The minimum atomic E-state index is -0.0268. The SMILES string of the molecule is CCOCCOc1ccc(PC(=O)c2c(C)cccc2C)c(OCCOCC)c1. The predicted octanol–water partition coefficient (Wildman–Crippen LogP) is 4.28. The number of hydrogen-bond donors (Lipinski definition) is 0. The van der Waals surface area contributed by atoms with E-state index in [9.17, 15) is 4.79 Å². The molecular formula is C23H31O5P. The summed E-state index contributed by atoms with van der Waals surface area (Å²) in [7, 11) is -0.0268. The van der Waals surface area contributed by atoms with Gasteiger partial charge in [-0.25, -0.2) is 0 Å². The van der Waals surface area contributed by atoms with Gasteiger partial charge in [0.2, 0.25) is 0 Å². The number of carbonyl (C=O) groups excluding carboxylic acids is 1. The van der Waals surface area contributed by atoms with E-state index in [1.54, 1.807) is 0 Å². The van der Waals surface area contributed by atoms with Gasteiger partial charge in [-0.05, 0) is 59.5 Å². The first-order chi connectivity index (χ1) is 14.1. The summed E-state index contributed by atoms with van der Waals surface area (Å²) in [5, 5.41) is 0.867. The zero-order valence-corrected chi connectivity index (χ0v) is 18.7. The van der Waals surface area contributed by atoms with E-state index in [4.69, 9.17) is 18.9 Å². The molecule has 158 valence electrons. The number of ether oxygens (including phenoxy) is 4. The Morgan fingerprint density at radius 1 is 0.862 bits per heavy atom. The largest absolute Gasteiger partial charge is 0.491 e. The summed E-state index contributed by atoms with van der Waals surface area (Å²) in [6.07, 6.45) is 0. The second kappa shape index (κ2) is 12.6. The van der Waals surface area contributed by atoms with Gasteiger partial charge in [-0.2, -0.15) is 0 Å². The Morgan fingerprint density at radius 2 is 1.48 bits per heavy atom. The lowest BCUT2D eigenvalue weighted by atomic mass is 10.0. The highest BCUT2D eigenvalue weighted by Gasteiger charge is 2.16. The lowest BCUT2D eigenvalue weighted by Crippen LogP contribution is -2.13. The average molecular weight is 418 g/mol. The lowest BCUT2D eigenvalue weighted by Gasteiger charge is -2.15. The molecule has 2 aromatic rings. The topological polar surface area (TPSA) is 54.0 Å². The molecular weight excluding hydrogens is 387 g/mol. The molecule has 0 fully saturated rings. The maximum Gasteiger partial charge on any atom is 0.186 e. The van der Waals surface area contributed by atoms with Crippen LogP contribution < -0.4 is 14.8 Å². The van der Waals surface area contributed by atoms with Crippen molar-refractivity contribution in [2.24, 2.45) is 0 Å². The molecule has 2 aromatic carbocycles. The van der Waals surface area contributed by atoms with Crippen molar-refractivity contribution in [1.82, 2.24) is 0 Å². The summed E-state index contributed by atoms with van der Waals surface area (Å²) in [4.78, 5) is 13.0. The molecule has 0 aliphatic carbocycles. The molecule has 5 nitrogen and oxygen atoms in total. The molecule has 0 saturated heterocycles. The summed E-state index contributed by atoms with van der Waals surface area (Å²) < 4.78 is 22.3. The van der Waals surface area contributed by atoms with E-state index in [0.29, 0.717) is 51.1 Å². The molecule has 0 aliphatic rings. The third-order valence-corrected chi connectivity index (χ3v) is 5.46. The van der Waals surface area contributed by atoms with Crippen molar-refractivity contribution in [1.29, 1.82) is 0 Å². The molecule has 29 heavy (non-hydrogen) atoms. The van der Waals surface area contributed by atoms with E-state index in [-0.39, 0.29) is 14.1 Å². The fourth-order valence-electron chi connectivity index (χ4n) is 2.89. The maximum absolute atomic E-state index is 13.0. The number of benzene rings is 2. The van der Waals surface area contributed by atoms with Crippen LogP contribution in [0.25, 0.3) is 0 Å². The molecule has 0 bridgehead atoms. The summed E-state index contributed by atoms with van der Waals surface area (Å²) in [6, 6.07) is 11.6. The van der Waals surface area contributed by atoms with Gasteiger partial charge in [-0.3, -0.25) is 4.79 Å². The van der Waals surface area contributed by atoms with E-state index in [1.165, 1.54) is 0 Å². The van der Waals surface area contributed by atoms with Gasteiger partial charge in [0.15, 0.2) is 5.52 Å². The second-order valence-electron chi connectivity index (χ2n) is 6.47. The van der Waals surface area contributed by atoms with Crippen molar-refractivity contribution in [3.05, 3.63) is 53.1 Å². The summed E-state index contributed by atoms with van der Waals surface area (Å²) in [6.45, 7) is 11.1. The Labute approximate surface area is 175 Å². The Balaban J connectivity index is 2.16. The molecule has 0 N–H and O–H groups in total. The van der Waals surface area contributed by atoms with Crippen LogP contribution >= 0.6 is 8.58 Å². The highest BCUT2D eigenvalue weighted by molar-refractivity contribution is 7.66. The quantitative estimate of drug-likeness (QED) is 0.359. The number of carbonyl (C=O) groups is 1. The molecule has 1 unspecified atom stereocenters. The van der Waals surface area contributed by atoms with Crippen molar-refractivity contribution in [2.45, 2.75) is 27.7 Å². The molecule has 0 saturated carbocycles. The summed E-state index contributed by atoms with van der Waals surface area (Å²) in [5.74, 6) is 1.36. The Kier molecular flexibility index (Phi) is 10.1. The van der Waals surface area contributed by atoms with Gasteiger partial charge in [0.05, 0.1) is 13.2 Å². The Hall–Kier alpha value is -1.94. The van der Waals surface area contributed by atoms with Gasteiger partial charge in [0, 0.05) is 30.1 Å². The zero-order valence-electron chi connectivity index (χ0n) is 17.7. The third-order valence-electron chi connectivity index (χ3n) is 4.30. The average Bonchev–Trinajstić information content (AvgIpc) is 2.70. The van der Waals surface area contributed by atoms with E-state index in [0.717, 1.165) is 22.0 Å². The second-order valence-corrected chi connectivity index (χ2v) is 7.71. The lowest BCUT2D eigenvalue weighted by molar-refractivity contribution is 0.107. The molecule has 0 aromatic heterocycles. The first kappa shape index (κ1) is 23.3. The number of hydrogen-bond acceptors (Lipinski definition) is 5. The predicted molar refractivity (Wildman–Crippen MR) is 119 cm³/mol. The third kappa shape index (κ3) is 7.43. The molecule has 0 radical (unpaired) electrons. The normalized spacial score (nSPS) is 11.2. The number of aryl methyl sites for hydroxylation is 2. The molecule has 6 heteroatoms. The van der Waals surface area contributed by atoms with E-state index in [1.807, 2.05) is 64.1 Å². The van der Waals surface area contributed by atoms with Crippen molar-refractivity contribution in [2.75, 3.05) is 39.6 Å². The number of rotatable bonds is 13. The molecule has 0 amide bonds. The molecule has 0 aliphatic heterocycles. The Bertz CT molecular complexity index is 771. The van der Waals surface area contributed by atoms with Gasteiger partial charge in [-0.15, -0.1) is 0 Å². The van der Waals surface area contributed by atoms with Crippen LogP contribution in [0.1, 0.15) is 35.3 Å². The van der Waals surface area contributed by atoms with Gasteiger partial charge in [0.25, 0.3) is 0 Å². The van der Waals surface area contributed by atoms with Crippen LogP contribution in [-0.4, -0.2) is 45.2 Å². The van der Waals surface area contributed by atoms with Gasteiger partial charge in [0.1, 0.15) is 24.7 Å². The van der Waals surface area contributed by atoms with Crippen LogP contribution in [0.4, 0.5) is 0 Å². The minimum Gasteiger partial charge on any atom is -0.491 e. The van der Waals surface area contributed by atoms with Crippen LogP contribution in [0, 0.1) is 13.8 Å². The van der Waals surface area contributed by atoms with E-state index < -0.39 is 0 Å².